The number of imide groups is 1. The number of nitro benzene ring substituents is 1. The average molecular weight is 410 g/mol. The highest BCUT2D eigenvalue weighted by atomic mass is 16.6. The third kappa shape index (κ3) is 2.57. The van der Waals surface area contributed by atoms with Crippen LogP contribution in [0.15, 0.2) is 54.9 Å². The van der Waals surface area contributed by atoms with Gasteiger partial charge in [-0.05, 0) is 12.1 Å². The maximum atomic E-state index is 12.9. The summed E-state index contributed by atoms with van der Waals surface area (Å²) in [5, 5.41) is 14.9. The number of benzene rings is 2. The second kappa shape index (κ2) is 6.43. The van der Waals surface area contributed by atoms with E-state index in [1.54, 1.807) is 34.6 Å². The molecule has 0 atom stereocenters. The van der Waals surface area contributed by atoms with Gasteiger partial charge in [0.15, 0.2) is 0 Å². The van der Waals surface area contributed by atoms with Crippen molar-refractivity contribution in [1.29, 1.82) is 0 Å². The van der Waals surface area contributed by atoms with Crippen LogP contribution >= 0.6 is 0 Å². The molecular weight excluding hydrogens is 396 g/mol. The summed E-state index contributed by atoms with van der Waals surface area (Å²) < 4.78 is 3.26. The molecule has 0 saturated heterocycles. The number of nitrogens with zero attached hydrogens (tertiary/aromatic N) is 3. The molecule has 31 heavy (non-hydrogen) atoms. The summed E-state index contributed by atoms with van der Waals surface area (Å²) in [7, 11) is 1.73. The van der Waals surface area contributed by atoms with Crippen molar-refractivity contribution in [1.82, 2.24) is 14.5 Å². The number of carbonyl (C=O) groups is 2. The second-order valence-corrected chi connectivity index (χ2v) is 7.20. The molecule has 0 saturated carbocycles. The van der Waals surface area contributed by atoms with Crippen molar-refractivity contribution in [3.63, 3.8) is 0 Å². The Balaban J connectivity index is 1.84. The topological polar surface area (TPSA) is 99.2 Å². The van der Waals surface area contributed by atoms with E-state index in [0.29, 0.717) is 22.0 Å². The number of fused-ring (bicyclic) bond motifs is 2. The fourth-order valence-electron chi connectivity index (χ4n) is 4.14. The summed E-state index contributed by atoms with van der Waals surface area (Å²) in [6.45, 7) is 0. The van der Waals surface area contributed by atoms with Crippen molar-refractivity contribution >= 4 is 50.5 Å². The zero-order valence-electron chi connectivity index (χ0n) is 16.2. The van der Waals surface area contributed by atoms with Gasteiger partial charge >= 0.3 is 0 Å². The van der Waals surface area contributed by atoms with Crippen LogP contribution in [0.2, 0.25) is 0 Å². The first-order chi connectivity index (χ1) is 14.9. The number of carbonyl (C=O) groups excluding carboxylic acids is 2. The quantitative estimate of drug-likeness (QED) is 0.243. The lowest BCUT2D eigenvalue weighted by Gasteiger charge is -2.03. The van der Waals surface area contributed by atoms with Gasteiger partial charge in [0.1, 0.15) is 0 Å². The minimum atomic E-state index is -0.525. The number of non-ortho nitro benzene ring substituents is 1. The van der Waals surface area contributed by atoms with E-state index in [-0.39, 0.29) is 16.8 Å². The molecule has 150 valence electrons. The number of para-hydroxylation sites is 1. The largest absolute Gasteiger partial charge is 0.350 e. The second-order valence-electron chi connectivity index (χ2n) is 7.20. The van der Waals surface area contributed by atoms with Gasteiger partial charge in [0, 0.05) is 59.5 Å². The number of amides is 2. The van der Waals surface area contributed by atoms with Crippen molar-refractivity contribution in [3.05, 3.63) is 76.1 Å². The minimum absolute atomic E-state index is 0.0570. The molecule has 0 bridgehead atoms. The van der Waals surface area contributed by atoms with Crippen LogP contribution in [-0.4, -0.2) is 25.9 Å². The van der Waals surface area contributed by atoms with Crippen molar-refractivity contribution in [2.75, 3.05) is 0 Å². The Morgan fingerprint density at radius 3 is 2.29 bits per heavy atom. The highest BCUT2D eigenvalue weighted by molar-refractivity contribution is 6.50. The van der Waals surface area contributed by atoms with E-state index in [4.69, 9.17) is 6.42 Å². The molecule has 1 aliphatic heterocycles. The summed E-state index contributed by atoms with van der Waals surface area (Å²) >= 11 is 0. The molecule has 3 heterocycles. The van der Waals surface area contributed by atoms with Gasteiger partial charge < -0.3 is 4.57 Å². The van der Waals surface area contributed by atoms with Crippen LogP contribution < -0.4 is 5.32 Å². The maximum Gasteiger partial charge on any atom is 0.271 e. The predicted octanol–water partition coefficient (Wildman–Crippen LogP) is 3.05. The Hall–Kier alpha value is -4.64. The van der Waals surface area contributed by atoms with E-state index in [0.717, 1.165) is 10.9 Å². The molecular formula is C23H14N4O4. The fraction of sp³-hybridized carbons (Fsp3) is 0.0435. The van der Waals surface area contributed by atoms with E-state index in [1.807, 2.05) is 24.3 Å². The first kappa shape index (κ1) is 18.4. The van der Waals surface area contributed by atoms with Gasteiger partial charge in [0.2, 0.25) is 0 Å². The third-order valence-corrected chi connectivity index (χ3v) is 5.51. The summed E-state index contributed by atoms with van der Waals surface area (Å²) in [6, 6.07) is 14.3. The number of nitrogens with one attached hydrogen (secondary N) is 1. The fourth-order valence-corrected chi connectivity index (χ4v) is 4.14. The van der Waals surface area contributed by atoms with E-state index in [1.165, 1.54) is 12.1 Å². The van der Waals surface area contributed by atoms with Crippen LogP contribution in [0.3, 0.4) is 0 Å². The van der Waals surface area contributed by atoms with Gasteiger partial charge in [-0.2, -0.15) is 0 Å². The molecule has 0 radical (unpaired) electrons. The van der Waals surface area contributed by atoms with Gasteiger partial charge in [0.05, 0.1) is 27.1 Å². The standard InChI is InChI=1S/C23H14N4O4/c1-3-26-12-17(14-6-4-5-7-18(14)26)21-20(22(28)24-23(21)29)16-11-25(2)19-10-13(27(30)31)8-9-15(16)19/h1,4-12H,2H3,(H,24,28,29). The molecule has 2 amide bonds. The third-order valence-electron chi connectivity index (χ3n) is 5.51. The lowest BCUT2D eigenvalue weighted by Crippen LogP contribution is -2.22. The number of aromatic nitrogens is 2. The van der Waals surface area contributed by atoms with Crippen LogP contribution in [0.25, 0.3) is 33.0 Å². The van der Waals surface area contributed by atoms with E-state index in [9.17, 15) is 19.7 Å². The summed E-state index contributed by atoms with van der Waals surface area (Å²) in [5.41, 5.74) is 2.76. The number of rotatable bonds is 3. The average Bonchev–Trinajstić information content (AvgIpc) is 3.38. The first-order valence-electron chi connectivity index (χ1n) is 9.31. The van der Waals surface area contributed by atoms with Gasteiger partial charge in [-0.1, -0.05) is 24.6 Å². The molecule has 0 aliphatic carbocycles. The number of aryl methyl sites for hydroxylation is 1. The molecule has 0 fully saturated rings. The Morgan fingerprint density at radius 2 is 1.61 bits per heavy atom. The van der Waals surface area contributed by atoms with Gasteiger partial charge in [-0.3, -0.25) is 29.6 Å². The first-order valence-corrected chi connectivity index (χ1v) is 9.31. The molecule has 1 N–H and O–H groups in total. The molecule has 4 aromatic rings. The highest BCUT2D eigenvalue weighted by Gasteiger charge is 2.35. The molecule has 2 aromatic heterocycles. The molecule has 0 unspecified atom stereocenters. The Labute approximate surface area is 175 Å². The smallest absolute Gasteiger partial charge is 0.271 e. The molecule has 0 spiro atoms. The van der Waals surface area contributed by atoms with Crippen LogP contribution in [0.5, 0.6) is 0 Å². The molecule has 8 nitrogen and oxygen atoms in total. The summed E-state index contributed by atoms with van der Waals surface area (Å²) in [4.78, 5) is 36.4. The van der Waals surface area contributed by atoms with Crippen LogP contribution in [0.1, 0.15) is 11.1 Å². The molecule has 5 rings (SSSR count). The summed E-state index contributed by atoms with van der Waals surface area (Å²) in [6.07, 6.45) is 8.98. The lowest BCUT2D eigenvalue weighted by molar-refractivity contribution is -0.384. The SMILES string of the molecule is C#Cn1cc(C2=C(c3cn(C)c4cc([N+](=O)[O-])ccc34)C(=O)NC2=O)c2ccccc21. The van der Waals surface area contributed by atoms with Crippen LogP contribution in [0.4, 0.5) is 5.69 Å². The number of nitro groups is 1. The molecule has 1 aliphatic rings. The van der Waals surface area contributed by atoms with Gasteiger partial charge in [0.25, 0.3) is 17.5 Å². The highest BCUT2D eigenvalue weighted by Crippen LogP contribution is 2.39. The summed E-state index contributed by atoms with van der Waals surface area (Å²) in [5.74, 6) is -1.04. The zero-order chi connectivity index (χ0) is 21.9. The lowest BCUT2D eigenvalue weighted by atomic mass is 9.95. The maximum absolute atomic E-state index is 12.9. The van der Waals surface area contributed by atoms with Crippen LogP contribution in [0, 0.1) is 22.6 Å². The van der Waals surface area contributed by atoms with Crippen molar-refractivity contribution in [2.45, 2.75) is 0 Å². The number of terminal acetylenes is 1. The number of hydrogen-bond donors (Lipinski definition) is 1. The zero-order valence-corrected chi connectivity index (χ0v) is 16.2. The predicted molar refractivity (Wildman–Crippen MR) is 116 cm³/mol. The van der Waals surface area contributed by atoms with E-state index < -0.39 is 16.7 Å². The van der Waals surface area contributed by atoms with E-state index >= 15 is 0 Å². The Morgan fingerprint density at radius 1 is 0.968 bits per heavy atom. The van der Waals surface area contributed by atoms with Crippen molar-refractivity contribution in [2.24, 2.45) is 7.05 Å². The molecule has 2 aromatic carbocycles. The Bertz CT molecular complexity index is 1550. The normalized spacial score (nSPS) is 13.8. The van der Waals surface area contributed by atoms with Crippen molar-refractivity contribution < 1.29 is 14.5 Å². The van der Waals surface area contributed by atoms with Crippen LogP contribution in [-0.2, 0) is 16.6 Å². The van der Waals surface area contributed by atoms with Gasteiger partial charge in [-0.15, -0.1) is 0 Å². The monoisotopic (exact) mass is 410 g/mol. The number of hydrogen-bond acceptors (Lipinski definition) is 4. The molecule has 8 heteroatoms. The van der Waals surface area contributed by atoms with E-state index in [2.05, 4.69) is 11.4 Å². The van der Waals surface area contributed by atoms with Gasteiger partial charge in [-0.25, -0.2) is 0 Å². The van der Waals surface area contributed by atoms with Crippen molar-refractivity contribution in [3.8, 4) is 12.5 Å². The minimum Gasteiger partial charge on any atom is -0.350 e. The Kier molecular flexibility index (Phi) is 3.82.